The summed E-state index contributed by atoms with van der Waals surface area (Å²) in [6.45, 7) is 2.42. The molecule has 10 heteroatoms. The van der Waals surface area contributed by atoms with Gasteiger partial charge < -0.3 is 14.4 Å². The number of carbonyl (C=O) groups excluding carboxylic acids is 1. The molecule has 0 fully saturated rings. The van der Waals surface area contributed by atoms with Gasteiger partial charge in [0.15, 0.2) is 5.16 Å². The molecule has 3 rings (SSSR count). The Bertz CT molecular complexity index is 924. The van der Waals surface area contributed by atoms with Gasteiger partial charge in [0.25, 0.3) is 0 Å². The Morgan fingerprint density at radius 3 is 2.75 bits per heavy atom. The Labute approximate surface area is 171 Å². The van der Waals surface area contributed by atoms with Gasteiger partial charge in [-0.15, -0.1) is 10.2 Å². The van der Waals surface area contributed by atoms with Crippen molar-refractivity contribution in [3.63, 3.8) is 0 Å². The van der Waals surface area contributed by atoms with E-state index in [4.69, 9.17) is 4.74 Å². The minimum Gasteiger partial charge on any atom is -0.497 e. The van der Waals surface area contributed by atoms with Crippen molar-refractivity contribution in [2.75, 3.05) is 18.2 Å². The molecule has 1 amide bonds. The molecule has 0 radical (unpaired) electrons. The molecular weight excluding hydrogens is 398 g/mol. The lowest BCUT2D eigenvalue weighted by molar-refractivity contribution is -0.113. The molecule has 0 unspecified atom stereocenters. The zero-order chi connectivity index (χ0) is 19.9. The van der Waals surface area contributed by atoms with Gasteiger partial charge in [0.1, 0.15) is 10.8 Å². The maximum atomic E-state index is 12.2. The molecule has 148 valence electrons. The molecule has 0 aliphatic heterocycles. The SMILES string of the molecule is CCc1nnc(NC(=O)CSc2nc(CO)cn2Cc2ccc(OC)cc2)s1. The van der Waals surface area contributed by atoms with Crippen molar-refractivity contribution in [1.82, 2.24) is 19.7 Å². The molecule has 1 aromatic carbocycles. The highest BCUT2D eigenvalue weighted by Gasteiger charge is 2.13. The number of aromatic nitrogens is 4. The Morgan fingerprint density at radius 2 is 2.11 bits per heavy atom. The third-order valence-electron chi connectivity index (χ3n) is 3.81. The number of aliphatic hydroxyl groups excluding tert-OH is 1. The number of methoxy groups -OCH3 is 1. The van der Waals surface area contributed by atoms with Crippen LogP contribution in [0, 0.1) is 0 Å². The Kier molecular flexibility index (Phi) is 7.01. The van der Waals surface area contributed by atoms with Gasteiger partial charge in [-0.25, -0.2) is 4.98 Å². The largest absolute Gasteiger partial charge is 0.497 e. The second kappa shape index (κ2) is 9.67. The summed E-state index contributed by atoms with van der Waals surface area (Å²) < 4.78 is 7.10. The van der Waals surface area contributed by atoms with Crippen LogP contribution in [0.2, 0.25) is 0 Å². The third kappa shape index (κ3) is 5.31. The first-order chi connectivity index (χ1) is 13.6. The van der Waals surface area contributed by atoms with Gasteiger partial charge in [-0.2, -0.15) is 0 Å². The number of imidazole rings is 1. The number of carbonyl (C=O) groups is 1. The van der Waals surface area contributed by atoms with E-state index in [-0.39, 0.29) is 18.3 Å². The van der Waals surface area contributed by atoms with E-state index >= 15 is 0 Å². The van der Waals surface area contributed by atoms with Crippen LogP contribution in [0.4, 0.5) is 5.13 Å². The standard InChI is InChI=1S/C18H21N5O3S2/c1-3-16-21-22-17(28-16)20-15(25)11-27-18-19-13(10-24)9-23(18)8-12-4-6-14(26-2)7-5-12/h4-7,9,24H,3,8,10-11H2,1-2H3,(H,20,22,25). The summed E-state index contributed by atoms with van der Waals surface area (Å²) in [4.78, 5) is 16.6. The highest BCUT2D eigenvalue weighted by Crippen LogP contribution is 2.22. The van der Waals surface area contributed by atoms with E-state index in [2.05, 4.69) is 20.5 Å². The van der Waals surface area contributed by atoms with E-state index in [1.807, 2.05) is 35.8 Å². The highest BCUT2D eigenvalue weighted by molar-refractivity contribution is 7.99. The maximum Gasteiger partial charge on any atom is 0.236 e. The van der Waals surface area contributed by atoms with Crippen molar-refractivity contribution < 1.29 is 14.6 Å². The fourth-order valence-corrected chi connectivity index (χ4v) is 3.91. The smallest absolute Gasteiger partial charge is 0.236 e. The van der Waals surface area contributed by atoms with E-state index < -0.39 is 0 Å². The lowest BCUT2D eigenvalue weighted by atomic mass is 10.2. The third-order valence-corrected chi connectivity index (χ3v) is 5.79. The monoisotopic (exact) mass is 419 g/mol. The number of ether oxygens (including phenoxy) is 1. The predicted molar refractivity (Wildman–Crippen MR) is 109 cm³/mol. The van der Waals surface area contributed by atoms with Crippen LogP contribution >= 0.6 is 23.1 Å². The normalized spacial score (nSPS) is 10.8. The number of rotatable bonds is 9. The first-order valence-corrected chi connectivity index (χ1v) is 10.5. The summed E-state index contributed by atoms with van der Waals surface area (Å²) in [6.07, 6.45) is 2.58. The van der Waals surface area contributed by atoms with Crippen molar-refractivity contribution in [3.05, 3.63) is 46.7 Å². The topological polar surface area (TPSA) is 102 Å². The summed E-state index contributed by atoms with van der Waals surface area (Å²) in [5.74, 6) is 0.805. The number of nitrogens with one attached hydrogen (secondary N) is 1. The summed E-state index contributed by atoms with van der Waals surface area (Å²) >= 11 is 2.68. The van der Waals surface area contributed by atoms with Crippen LogP contribution < -0.4 is 10.1 Å². The van der Waals surface area contributed by atoms with Gasteiger partial charge >= 0.3 is 0 Å². The van der Waals surface area contributed by atoms with Crippen LogP contribution in [0.1, 0.15) is 23.2 Å². The Morgan fingerprint density at radius 1 is 1.32 bits per heavy atom. The maximum absolute atomic E-state index is 12.2. The number of aryl methyl sites for hydroxylation is 1. The lowest BCUT2D eigenvalue weighted by Crippen LogP contribution is -2.14. The fourth-order valence-electron chi connectivity index (χ4n) is 2.42. The van der Waals surface area contributed by atoms with Gasteiger partial charge in [-0.3, -0.25) is 10.1 Å². The van der Waals surface area contributed by atoms with E-state index in [9.17, 15) is 9.90 Å². The van der Waals surface area contributed by atoms with Crippen molar-refractivity contribution in [1.29, 1.82) is 0 Å². The number of thioether (sulfide) groups is 1. The number of aliphatic hydroxyl groups is 1. The van der Waals surface area contributed by atoms with Crippen LogP contribution in [-0.4, -0.2) is 43.6 Å². The molecule has 0 saturated carbocycles. The van der Waals surface area contributed by atoms with Crippen LogP contribution in [0.15, 0.2) is 35.6 Å². The Hall–Kier alpha value is -2.43. The number of hydrogen-bond acceptors (Lipinski definition) is 8. The van der Waals surface area contributed by atoms with Gasteiger partial charge in [0.05, 0.1) is 25.2 Å². The first-order valence-electron chi connectivity index (χ1n) is 8.66. The highest BCUT2D eigenvalue weighted by atomic mass is 32.2. The summed E-state index contributed by atoms with van der Waals surface area (Å²) in [7, 11) is 1.63. The molecule has 2 N–H and O–H groups in total. The number of nitrogens with zero attached hydrogens (tertiary/aromatic N) is 4. The Balaban J connectivity index is 1.63. The lowest BCUT2D eigenvalue weighted by Gasteiger charge is -2.08. The van der Waals surface area contributed by atoms with Gasteiger partial charge in [0.2, 0.25) is 11.0 Å². The van der Waals surface area contributed by atoms with Crippen molar-refractivity contribution in [3.8, 4) is 5.75 Å². The molecule has 28 heavy (non-hydrogen) atoms. The minimum absolute atomic E-state index is 0.153. The minimum atomic E-state index is -0.173. The van der Waals surface area contributed by atoms with Crippen LogP contribution in [0.25, 0.3) is 0 Å². The molecule has 2 aromatic heterocycles. The zero-order valence-electron chi connectivity index (χ0n) is 15.6. The summed E-state index contributed by atoms with van der Waals surface area (Å²) in [5.41, 5.74) is 1.63. The molecule has 0 spiro atoms. The van der Waals surface area contributed by atoms with E-state index in [0.29, 0.717) is 22.5 Å². The first kappa shape index (κ1) is 20.3. The molecular formula is C18H21N5O3S2. The van der Waals surface area contributed by atoms with Crippen LogP contribution in [0.5, 0.6) is 5.75 Å². The molecule has 2 heterocycles. The van der Waals surface area contributed by atoms with Crippen molar-refractivity contribution in [2.24, 2.45) is 0 Å². The molecule has 0 aliphatic rings. The fraction of sp³-hybridized carbons (Fsp3) is 0.333. The number of anilines is 1. The molecule has 0 aliphatic carbocycles. The average molecular weight is 420 g/mol. The molecule has 0 saturated heterocycles. The van der Waals surface area contributed by atoms with Gasteiger partial charge in [0, 0.05) is 12.7 Å². The number of hydrogen-bond donors (Lipinski definition) is 2. The second-order valence-corrected chi connectivity index (χ2v) is 7.84. The molecule has 8 nitrogen and oxygen atoms in total. The second-order valence-electron chi connectivity index (χ2n) is 5.84. The summed E-state index contributed by atoms with van der Waals surface area (Å²) in [6, 6.07) is 7.73. The molecule has 0 bridgehead atoms. The van der Waals surface area contributed by atoms with E-state index in [1.165, 1.54) is 23.1 Å². The van der Waals surface area contributed by atoms with E-state index in [0.717, 1.165) is 22.7 Å². The number of amides is 1. The van der Waals surface area contributed by atoms with E-state index in [1.54, 1.807) is 13.3 Å². The molecule has 3 aromatic rings. The van der Waals surface area contributed by atoms with Crippen molar-refractivity contribution in [2.45, 2.75) is 31.7 Å². The molecule has 0 atom stereocenters. The average Bonchev–Trinajstić information content (AvgIpc) is 3.33. The predicted octanol–water partition coefficient (Wildman–Crippen LogP) is 2.58. The van der Waals surface area contributed by atoms with Gasteiger partial charge in [-0.05, 0) is 24.1 Å². The zero-order valence-corrected chi connectivity index (χ0v) is 17.2. The quantitative estimate of drug-likeness (QED) is 0.514. The summed E-state index contributed by atoms with van der Waals surface area (Å²) in [5, 5.41) is 22.2. The van der Waals surface area contributed by atoms with Crippen molar-refractivity contribution >= 4 is 34.1 Å². The number of benzene rings is 1. The van der Waals surface area contributed by atoms with Gasteiger partial charge in [-0.1, -0.05) is 42.2 Å². The van der Waals surface area contributed by atoms with Crippen LogP contribution in [-0.2, 0) is 24.4 Å². The van der Waals surface area contributed by atoms with Crippen LogP contribution in [0.3, 0.4) is 0 Å².